The molecule has 0 saturated carbocycles. The first-order valence-electron chi connectivity index (χ1n) is 3.69. The Hall–Kier alpha value is 1.16. The Morgan fingerprint density at radius 3 is 0.812 bits per heavy atom. The van der Waals surface area contributed by atoms with Crippen LogP contribution < -0.4 is 15.3 Å². The summed E-state index contributed by atoms with van der Waals surface area (Å²) >= 11 is 13.8. The molecule has 0 saturated heterocycles. The molecule has 0 aromatic rings. The fourth-order valence-electron chi connectivity index (χ4n) is 0.0945. The molecule has 0 aromatic carbocycles. The van der Waals surface area contributed by atoms with E-state index in [0.717, 1.165) is 0 Å². The van der Waals surface area contributed by atoms with Crippen molar-refractivity contribution in [3.05, 3.63) is 0 Å². The molecular weight excluding hydrogens is 301 g/mol. The summed E-state index contributed by atoms with van der Waals surface area (Å²) in [6, 6.07) is 0. The van der Waals surface area contributed by atoms with E-state index in [1.54, 1.807) is 0 Å². The van der Waals surface area contributed by atoms with E-state index >= 15 is 0 Å². The molecule has 0 bridgehead atoms. The molecule has 0 heterocycles. The van der Waals surface area contributed by atoms with Crippen LogP contribution in [0.25, 0.3) is 0 Å². The fraction of sp³-hybridized carbons (Fsp3) is 1.00. The van der Waals surface area contributed by atoms with Crippen molar-refractivity contribution in [1.82, 2.24) is 0 Å². The summed E-state index contributed by atoms with van der Waals surface area (Å²) in [7, 11) is 0. The van der Waals surface area contributed by atoms with Crippen molar-refractivity contribution in [3.63, 3.8) is 0 Å². The first kappa shape index (κ1) is 25.9. The Morgan fingerprint density at radius 1 is 0.625 bits per heavy atom. The summed E-state index contributed by atoms with van der Waals surface area (Å²) in [6.07, 6.45) is 0. The zero-order valence-electron chi connectivity index (χ0n) is 8.40. The van der Waals surface area contributed by atoms with Crippen molar-refractivity contribution in [2.24, 2.45) is 0 Å². The van der Waals surface area contributed by atoms with Crippen LogP contribution in [0.1, 0.15) is 0 Å². The maximum Gasteiger partial charge on any atom is 3.00 e. The van der Waals surface area contributed by atoms with E-state index in [-0.39, 0.29) is 57.0 Å². The van der Waals surface area contributed by atoms with Crippen LogP contribution in [0, 0.1) is 0 Å². The van der Waals surface area contributed by atoms with Gasteiger partial charge in [-0.1, -0.05) is 0 Å². The predicted molar refractivity (Wildman–Crippen MR) is 55.8 cm³/mol. The van der Waals surface area contributed by atoms with Crippen LogP contribution in [0.5, 0.6) is 0 Å². The first-order chi connectivity index (χ1) is 7.24. The third kappa shape index (κ3) is 59.3. The second kappa shape index (κ2) is 36.0. The average Bonchev–Trinajstić information content (AvgIpc) is 2.23. The Kier molecular flexibility index (Phi) is 58.2. The fourth-order valence-corrected chi connectivity index (χ4v) is 0.283. The Morgan fingerprint density at radius 2 is 0.812 bits per heavy atom. The molecule has 0 atom stereocenters. The van der Waals surface area contributed by atoms with Crippen LogP contribution in [0.15, 0.2) is 0 Å². The van der Waals surface area contributed by atoms with Gasteiger partial charge in [-0.15, -0.1) is 19.8 Å². The monoisotopic (exact) mass is 312 g/mol. The average molecular weight is 313 g/mol. The standard InChI is InChI=1S/3C2H4ClO2.Al/c3*3-5-2-1-4;/h3*1-2H2;/q3*-1;+3. The molecule has 0 aliphatic heterocycles. The largest absolute Gasteiger partial charge is 3.00 e. The van der Waals surface area contributed by atoms with E-state index in [1.807, 2.05) is 0 Å². The topological polar surface area (TPSA) is 96.9 Å². The van der Waals surface area contributed by atoms with Gasteiger partial charge in [0.2, 0.25) is 0 Å². The Balaban J connectivity index is -0.0000000655. The zero-order valence-corrected chi connectivity index (χ0v) is 11.8. The summed E-state index contributed by atoms with van der Waals surface area (Å²) < 4.78 is 11.6. The van der Waals surface area contributed by atoms with Crippen LogP contribution in [0.3, 0.4) is 0 Å². The number of rotatable bonds is 6. The van der Waals surface area contributed by atoms with Crippen molar-refractivity contribution in [1.29, 1.82) is 0 Å². The van der Waals surface area contributed by atoms with E-state index in [0.29, 0.717) is 0 Å². The summed E-state index contributed by atoms with van der Waals surface area (Å²) in [5.41, 5.74) is 0. The van der Waals surface area contributed by atoms with Gasteiger partial charge in [-0.25, -0.2) is 0 Å². The van der Waals surface area contributed by atoms with Crippen LogP contribution in [0.2, 0.25) is 0 Å². The van der Waals surface area contributed by atoms with Crippen molar-refractivity contribution in [3.8, 4) is 0 Å². The molecule has 0 aromatic heterocycles. The van der Waals surface area contributed by atoms with Gasteiger partial charge < -0.3 is 15.3 Å². The van der Waals surface area contributed by atoms with Crippen molar-refractivity contribution < 1.29 is 28.2 Å². The number of halogens is 3. The van der Waals surface area contributed by atoms with Gasteiger partial charge >= 0.3 is 17.4 Å². The zero-order chi connectivity index (χ0) is 12.4. The molecule has 96 valence electrons. The molecule has 10 heteroatoms. The third-order valence-corrected chi connectivity index (χ3v) is 0.944. The van der Waals surface area contributed by atoms with Gasteiger partial charge in [-0.05, 0) is 0 Å². The minimum Gasteiger partial charge on any atom is -0.853 e. The maximum atomic E-state index is 9.32. The van der Waals surface area contributed by atoms with Gasteiger partial charge in [0.15, 0.2) is 0 Å². The van der Waals surface area contributed by atoms with Gasteiger partial charge in [0.1, 0.15) is 0 Å². The summed E-state index contributed by atoms with van der Waals surface area (Å²) in [5, 5.41) is 28.0. The first-order valence-corrected chi connectivity index (χ1v) is 4.62. The molecular formula is C6H12AlCl3O6. The van der Waals surface area contributed by atoms with Gasteiger partial charge in [0.25, 0.3) is 0 Å². The van der Waals surface area contributed by atoms with Crippen molar-refractivity contribution in [2.75, 3.05) is 39.6 Å². The quantitative estimate of drug-likeness (QED) is 0.535. The smallest absolute Gasteiger partial charge is 0.853 e. The van der Waals surface area contributed by atoms with Crippen molar-refractivity contribution >= 4 is 53.0 Å². The molecule has 0 rings (SSSR count). The molecule has 0 amide bonds. The molecule has 0 N–H and O–H groups in total. The number of hydrogen-bond acceptors (Lipinski definition) is 6. The Bertz CT molecular complexity index is 65.0. The second-order valence-electron chi connectivity index (χ2n) is 1.55. The van der Waals surface area contributed by atoms with E-state index in [4.69, 9.17) is 0 Å². The second-order valence-corrected chi connectivity index (χ2v) is 2.21. The SMILES string of the molecule is [Al+3].[O-]CCOCl.[O-]CCOCl.[O-]CCOCl. The molecule has 0 spiro atoms. The molecule has 0 aliphatic carbocycles. The van der Waals surface area contributed by atoms with Crippen LogP contribution >= 0.6 is 35.6 Å². The predicted octanol–water partition coefficient (Wildman–Crippen LogP) is -1.83. The summed E-state index contributed by atoms with van der Waals surface area (Å²) in [6.45, 7) is -0.485. The normalized spacial score (nSPS) is 7.88. The molecule has 0 fully saturated rings. The maximum absolute atomic E-state index is 9.32. The molecule has 6 nitrogen and oxygen atoms in total. The van der Waals surface area contributed by atoms with Crippen LogP contribution in [-0.2, 0) is 12.9 Å². The third-order valence-electron chi connectivity index (χ3n) is 0.481. The summed E-state index contributed by atoms with van der Waals surface area (Å²) in [4.78, 5) is 0. The number of hydrogen-bond donors (Lipinski definition) is 0. The van der Waals surface area contributed by atoms with Crippen LogP contribution in [-0.4, -0.2) is 57.0 Å². The molecule has 0 aliphatic rings. The molecule has 16 heavy (non-hydrogen) atoms. The van der Waals surface area contributed by atoms with Gasteiger partial charge in [-0.3, -0.25) is 12.9 Å². The van der Waals surface area contributed by atoms with E-state index in [2.05, 4.69) is 48.5 Å². The van der Waals surface area contributed by atoms with Crippen molar-refractivity contribution in [2.45, 2.75) is 0 Å². The van der Waals surface area contributed by atoms with E-state index in [9.17, 15) is 15.3 Å². The molecule has 0 radical (unpaired) electrons. The molecule has 0 unspecified atom stereocenters. The van der Waals surface area contributed by atoms with Gasteiger partial charge in [0, 0.05) is 0 Å². The van der Waals surface area contributed by atoms with E-state index in [1.165, 1.54) is 0 Å². The van der Waals surface area contributed by atoms with Crippen LogP contribution in [0.4, 0.5) is 0 Å². The minimum absolute atomic E-state index is 0. The summed E-state index contributed by atoms with van der Waals surface area (Å²) in [5.74, 6) is 0. The minimum atomic E-state index is -0.260. The van der Waals surface area contributed by atoms with Gasteiger partial charge in [-0.2, -0.15) is 0 Å². The van der Waals surface area contributed by atoms with E-state index < -0.39 is 0 Å². The van der Waals surface area contributed by atoms with Gasteiger partial charge in [0.05, 0.1) is 55.4 Å². The Labute approximate surface area is 121 Å².